The third-order valence-corrected chi connectivity index (χ3v) is 4.14. The van der Waals surface area contributed by atoms with Gasteiger partial charge in [-0.25, -0.2) is 9.97 Å². The predicted molar refractivity (Wildman–Crippen MR) is 107 cm³/mol. The van der Waals surface area contributed by atoms with E-state index in [1.165, 1.54) is 6.33 Å². The summed E-state index contributed by atoms with van der Waals surface area (Å²) in [4.78, 5) is 19.5. The van der Waals surface area contributed by atoms with E-state index < -0.39 is 4.92 Å². The number of nitrogens with one attached hydrogen (secondary N) is 2. The van der Waals surface area contributed by atoms with Crippen LogP contribution in [0.25, 0.3) is 0 Å². The van der Waals surface area contributed by atoms with Crippen molar-refractivity contribution in [2.24, 2.45) is 0 Å². The zero-order chi connectivity index (χ0) is 19.6. The highest BCUT2D eigenvalue weighted by Gasteiger charge is 2.23. The number of aryl methyl sites for hydroxylation is 4. The minimum Gasteiger partial charge on any atom is -0.334 e. The molecule has 0 aliphatic heterocycles. The number of benzene rings is 2. The summed E-state index contributed by atoms with van der Waals surface area (Å²) in [6.45, 7) is 7.84. The van der Waals surface area contributed by atoms with Crippen molar-refractivity contribution >= 4 is 28.7 Å². The van der Waals surface area contributed by atoms with Gasteiger partial charge in [-0.3, -0.25) is 10.1 Å². The van der Waals surface area contributed by atoms with Gasteiger partial charge in [0.25, 0.3) is 0 Å². The maximum atomic E-state index is 11.8. The third kappa shape index (κ3) is 4.20. The quantitative estimate of drug-likeness (QED) is 0.483. The Morgan fingerprint density at radius 2 is 1.48 bits per heavy atom. The highest BCUT2D eigenvalue weighted by Crippen LogP contribution is 2.34. The van der Waals surface area contributed by atoms with Crippen molar-refractivity contribution in [1.82, 2.24) is 9.97 Å². The molecule has 0 spiro atoms. The second-order valence-corrected chi connectivity index (χ2v) is 6.62. The average molecular weight is 363 g/mol. The summed E-state index contributed by atoms with van der Waals surface area (Å²) in [6, 6.07) is 11.7. The molecule has 2 aromatic carbocycles. The van der Waals surface area contributed by atoms with Crippen LogP contribution in [0, 0.1) is 37.8 Å². The Hall–Kier alpha value is -3.48. The van der Waals surface area contributed by atoms with E-state index in [-0.39, 0.29) is 17.3 Å². The van der Waals surface area contributed by atoms with E-state index in [9.17, 15) is 10.1 Å². The molecule has 0 aliphatic carbocycles. The van der Waals surface area contributed by atoms with E-state index in [2.05, 4.69) is 20.6 Å². The largest absolute Gasteiger partial charge is 0.353 e. The molecule has 0 bridgehead atoms. The second kappa shape index (κ2) is 7.41. The number of hydrogen-bond donors (Lipinski definition) is 2. The van der Waals surface area contributed by atoms with Crippen LogP contribution in [-0.4, -0.2) is 14.9 Å². The number of nitro groups is 1. The monoisotopic (exact) mass is 363 g/mol. The van der Waals surface area contributed by atoms with Gasteiger partial charge in [-0.15, -0.1) is 0 Å². The van der Waals surface area contributed by atoms with Crippen LogP contribution in [0.2, 0.25) is 0 Å². The lowest BCUT2D eigenvalue weighted by Crippen LogP contribution is -2.06. The molecule has 7 heteroatoms. The van der Waals surface area contributed by atoms with Crippen molar-refractivity contribution < 1.29 is 4.92 Å². The van der Waals surface area contributed by atoms with E-state index >= 15 is 0 Å². The summed E-state index contributed by atoms with van der Waals surface area (Å²) in [5, 5.41) is 17.9. The van der Waals surface area contributed by atoms with Gasteiger partial charge in [-0.1, -0.05) is 18.2 Å². The van der Waals surface area contributed by atoms with Gasteiger partial charge in [0.1, 0.15) is 6.33 Å². The van der Waals surface area contributed by atoms with E-state index in [1.807, 2.05) is 64.1 Å². The topological polar surface area (TPSA) is 93.0 Å². The molecule has 3 rings (SSSR count). The summed E-state index contributed by atoms with van der Waals surface area (Å²) in [6.07, 6.45) is 1.31. The van der Waals surface area contributed by atoms with Crippen LogP contribution in [0.5, 0.6) is 0 Å². The SMILES string of the molecule is Cc1cc(C)cc(Nc2ncnc(Nc3cc(C)ccc3C)c2[N+](=O)[O-])c1. The van der Waals surface area contributed by atoms with Crippen molar-refractivity contribution in [3.05, 3.63) is 75.1 Å². The number of nitrogens with zero attached hydrogens (tertiary/aromatic N) is 3. The minimum atomic E-state index is -0.474. The summed E-state index contributed by atoms with van der Waals surface area (Å²) in [5.41, 5.74) is 5.45. The lowest BCUT2D eigenvalue weighted by atomic mass is 10.1. The zero-order valence-corrected chi connectivity index (χ0v) is 15.7. The van der Waals surface area contributed by atoms with Gasteiger partial charge in [-0.05, 0) is 68.1 Å². The van der Waals surface area contributed by atoms with Crippen LogP contribution < -0.4 is 10.6 Å². The molecule has 2 N–H and O–H groups in total. The third-order valence-electron chi connectivity index (χ3n) is 4.14. The van der Waals surface area contributed by atoms with Gasteiger partial charge in [-0.2, -0.15) is 0 Å². The molecule has 1 aromatic heterocycles. The summed E-state index contributed by atoms with van der Waals surface area (Å²) in [7, 11) is 0. The lowest BCUT2D eigenvalue weighted by Gasteiger charge is -2.12. The maximum absolute atomic E-state index is 11.8. The lowest BCUT2D eigenvalue weighted by molar-refractivity contribution is -0.383. The number of hydrogen-bond acceptors (Lipinski definition) is 6. The Bertz CT molecular complexity index is 997. The Balaban J connectivity index is 2.02. The summed E-state index contributed by atoms with van der Waals surface area (Å²) in [5.74, 6) is 0.295. The van der Waals surface area contributed by atoms with Gasteiger partial charge in [0.15, 0.2) is 0 Å². The molecular formula is C20H21N5O2. The van der Waals surface area contributed by atoms with Gasteiger partial charge >= 0.3 is 5.69 Å². The zero-order valence-electron chi connectivity index (χ0n) is 15.7. The van der Waals surface area contributed by atoms with Crippen LogP contribution in [0.15, 0.2) is 42.7 Å². The average Bonchev–Trinajstić information content (AvgIpc) is 2.57. The number of rotatable bonds is 5. The molecule has 0 saturated carbocycles. The van der Waals surface area contributed by atoms with Gasteiger partial charge in [0.05, 0.1) is 4.92 Å². The molecule has 0 atom stereocenters. The molecule has 0 saturated heterocycles. The number of anilines is 4. The van der Waals surface area contributed by atoms with Crippen molar-refractivity contribution in [1.29, 1.82) is 0 Å². The fourth-order valence-corrected chi connectivity index (χ4v) is 2.92. The molecule has 7 nitrogen and oxygen atoms in total. The van der Waals surface area contributed by atoms with Crippen molar-refractivity contribution in [2.45, 2.75) is 27.7 Å². The fourth-order valence-electron chi connectivity index (χ4n) is 2.92. The van der Waals surface area contributed by atoms with Crippen LogP contribution in [-0.2, 0) is 0 Å². The molecule has 138 valence electrons. The standard InChI is InChI=1S/C20H21N5O2/c1-12-5-6-15(4)17(10-12)24-20-18(25(26)27)19(21-11-22-20)23-16-8-13(2)7-14(3)9-16/h5-11H,1-4H3,(H2,21,22,23,24). The van der Waals surface area contributed by atoms with Gasteiger partial charge in [0, 0.05) is 11.4 Å². The molecule has 0 fully saturated rings. The molecule has 1 heterocycles. The van der Waals surface area contributed by atoms with Gasteiger partial charge < -0.3 is 10.6 Å². The van der Waals surface area contributed by atoms with Crippen molar-refractivity contribution in [3.63, 3.8) is 0 Å². The Morgan fingerprint density at radius 1 is 0.852 bits per heavy atom. The van der Waals surface area contributed by atoms with Crippen LogP contribution in [0.4, 0.5) is 28.7 Å². The molecule has 27 heavy (non-hydrogen) atoms. The molecule has 0 amide bonds. The minimum absolute atomic E-state index is 0.146. The Kier molecular flexibility index (Phi) is 5.03. The fraction of sp³-hybridized carbons (Fsp3) is 0.200. The van der Waals surface area contributed by atoms with E-state index in [0.717, 1.165) is 33.6 Å². The first-order valence-corrected chi connectivity index (χ1v) is 8.52. The molecular weight excluding hydrogens is 342 g/mol. The highest BCUT2D eigenvalue weighted by molar-refractivity contribution is 5.77. The van der Waals surface area contributed by atoms with Crippen LogP contribution in [0.1, 0.15) is 22.3 Å². The van der Waals surface area contributed by atoms with E-state index in [1.54, 1.807) is 0 Å². The smallest absolute Gasteiger partial charge is 0.334 e. The Morgan fingerprint density at radius 3 is 2.11 bits per heavy atom. The molecule has 3 aromatic rings. The molecule has 0 unspecified atom stereocenters. The first kappa shape index (κ1) is 18.3. The van der Waals surface area contributed by atoms with Gasteiger partial charge in [0.2, 0.25) is 11.6 Å². The normalized spacial score (nSPS) is 10.5. The number of aromatic nitrogens is 2. The summed E-state index contributed by atoms with van der Waals surface area (Å²) >= 11 is 0. The second-order valence-electron chi connectivity index (χ2n) is 6.62. The van der Waals surface area contributed by atoms with Crippen LogP contribution >= 0.6 is 0 Å². The maximum Gasteiger partial charge on any atom is 0.353 e. The highest BCUT2D eigenvalue weighted by atomic mass is 16.6. The van der Waals surface area contributed by atoms with E-state index in [0.29, 0.717) is 0 Å². The first-order chi connectivity index (χ1) is 12.8. The van der Waals surface area contributed by atoms with Crippen molar-refractivity contribution in [3.8, 4) is 0 Å². The molecule has 0 radical (unpaired) electrons. The predicted octanol–water partition coefficient (Wildman–Crippen LogP) is 5.11. The summed E-state index contributed by atoms with van der Waals surface area (Å²) < 4.78 is 0. The van der Waals surface area contributed by atoms with E-state index in [4.69, 9.17) is 0 Å². The molecule has 0 aliphatic rings. The van der Waals surface area contributed by atoms with Crippen LogP contribution in [0.3, 0.4) is 0 Å². The van der Waals surface area contributed by atoms with Crippen molar-refractivity contribution in [2.75, 3.05) is 10.6 Å². The first-order valence-electron chi connectivity index (χ1n) is 8.52. The Labute approximate surface area is 157 Å².